The first-order valence-electron chi connectivity index (χ1n) is 10.3. The average Bonchev–Trinajstić information content (AvgIpc) is 2.86. The number of carbonyl (C=O) groups excluding carboxylic acids is 3. The molecule has 0 spiro atoms. The third-order valence-corrected chi connectivity index (χ3v) is 5.14. The third-order valence-electron chi connectivity index (χ3n) is 4.73. The van der Waals surface area contributed by atoms with Crippen LogP contribution in [0.15, 0.2) is 65.8 Å². The number of nitrogens with zero attached hydrogens (tertiary/aromatic N) is 1. The standard InChI is InChI=1S/C25H22ClN3O6/c1-15-8-10-17(13-19(15)26)28-23(30)24(31)29-27-14-16-9-11-21(22(12-16)34-3)35-25(32)18-6-4-5-7-20(18)33-2/h4-14H,1-3H3,(H,28,30)(H,29,31). The average molecular weight is 496 g/mol. The highest BCUT2D eigenvalue weighted by Crippen LogP contribution is 2.29. The Hall–Kier alpha value is -4.37. The molecule has 3 aromatic carbocycles. The maximum absolute atomic E-state index is 12.5. The molecule has 2 amide bonds. The second kappa shape index (κ2) is 11.7. The van der Waals surface area contributed by atoms with Crippen LogP contribution in [-0.2, 0) is 9.59 Å². The third kappa shape index (κ3) is 6.58. The number of para-hydroxylation sites is 1. The van der Waals surface area contributed by atoms with Crippen molar-refractivity contribution in [2.45, 2.75) is 6.92 Å². The highest BCUT2D eigenvalue weighted by molar-refractivity contribution is 6.39. The normalized spacial score (nSPS) is 10.5. The van der Waals surface area contributed by atoms with E-state index < -0.39 is 17.8 Å². The molecule has 0 saturated carbocycles. The van der Waals surface area contributed by atoms with Gasteiger partial charge in [-0.1, -0.05) is 29.8 Å². The van der Waals surface area contributed by atoms with Gasteiger partial charge in [-0.15, -0.1) is 0 Å². The predicted octanol–water partition coefficient (Wildman–Crippen LogP) is 3.97. The Balaban J connectivity index is 1.62. The number of hydrogen-bond acceptors (Lipinski definition) is 7. The minimum absolute atomic E-state index is 0.181. The van der Waals surface area contributed by atoms with Crippen molar-refractivity contribution in [2.75, 3.05) is 19.5 Å². The summed E-state index contributed by atoms with van der Waals surface area (Å²) in [7, 11) is 2.88. The van der Waals surface area contributed by atoms with Crippen molar-refractivity contribution in [2.24, 2.45) is 5.10 Å². The molecule has 0 aromatic heterocycles. The Kier molecular flexibility index (Phi) is 8.42. The van der Waals surface area contributed by atoms with Crippen LogP contribution in [0.2, 0.25) is 5.02 Å². The first-order valence-corrected chi connectivity index (χ1v) is 10.6. The summed E-state index contributed by atoms with van der Waals surface area (Å²) in [5, 5.41) is 6.68. The van der Waals surface area contributed by atoms with E-state index in [9.17, 15) is 14.4 Å². The maximum atomic E-state index is 12.5. The number of amides is 2. The van der Waals surface area contributed by atoms with Gasteiger partial charge in [-0.2, -0.15) is 5.10 Å². The van der Waals surface area contributed by atoms with E-state index >= 15 is 0 Å². The molecule has 3 aromatic rings. The van der Waals surface area contributed by atoms with Crippen molar-refractivity contribution in [1.82, 2.24) is 5.43 Å². The molecule has 0 saturated heterocycles. The van der Waals surface area contributed by atoms with Crippen LogP contribution < -0.4 is 25.0 Å². The van der Waals surface area contributed by atoms with Gasteiger partial charge in [0.15, 0.2) is 11.5 Å². The van der Waals surface area contributed by atoms with Crippen LogP contribution in [0, 0.1) is 6.92 Å². The predicted molar refractivity (Wildman–Crippen MR) is 132 cm³/mol. The second-order valence-electron chi connectivity index (χ2n) is 7.12. The molecular weight excluding hydrogens is 474 g/mol. The van der Waals surface area contributed by atoms with Gasteiger partial charge < -0.3 is 19.5 Å². The zero-order chi connectivity index (χ0) is 25.4. The number of rotatable bonds is 7. The summed E-state index contributed by atoms with van der Waals surface area (Å²) in [6.07, 6.45) is 1.31. The van der Waals surface area contributed by atoms with Crippen molar-refractivity contribution in [1.29, 1.82) is 0 Å². The summed E-state index contributed by atoms with van der Waals surface area (Å²) < 4.78 is 15.9. The number of anilines is 1. The van der Waals surface area contributed by atoms with Gasteiger partial charge in [0.1, 0.15) is 11.3 Å². The molecule has 0 unspecified atom stereocenters. The molecule has 0 fully saturated rings. The van der Waals surface area contributed by atoms with Crippen molar-refractivity contribution in [3.05, 3.63) is 82.4 Å². The van der Waals surface area contributed by atoms with E-state index in [0.717, 1.165) is 5.56 Å². The minimum Gasteiger partial charge on any atom is -0.496 e. The number of carbonyl (C=O) groups is 3. The fraction of sp³-hybridized carbons (Fsp3) is 0.120. The summed E-state index contributed by atoms with van der Waals surface area (Å²) in [5.74, 6) is -1.66. The molecule has 0 heterocycles. The monoisotopic (exact) mass is 495 g/mol. The summed E-state index contributed by atoms with van der Waals surface area (Å²) in [6.45, 7) is 1.82. The van der Waals surface area contributed by atoms with Crippen molar-refractivity contribution >= 4 is 41.3 Å². The van der Waals surface area contributed by atoms with Crippen LogP contribution in [0.5, 0.6) is 17.2 Å². The van der Waals surface area contributed by atoms with E-state index in [4.69, 9.17) is 25.8 Å². The van der Waals surface area contributed by atoms with Gasteiger partial charge in [0, 0.05) is 10.7 Å². The number of methoxy groups -OCH3 is 2. The summed E-state index contributed by atoms with van der Waals surface area (Å²) >= 11 is 6.02. The molecule has 9 nitrogen and oxygen atoms in total. The molecular formula is C25H22ClN3O6. The van der Waals surface area contributed by atoms with Crippen LogP contribution in [0.4, 0.5) is 5.69 Å². The quantitative estimate of drug-likeness (QED) is 0.168. The topological polar surface area (TPSA) is 115 Å². The molecule has 0 aliphatic carbocycles. The summed E-state index contributed by atoms with van der Waals surface area (Å²) in [6, 6.07) is 16.2. The highest BCUT2D eigenvalue weighted by Gasteiger charge is 2.17. The molecule has 2 N–H and O–H groups in total. The van der Waals surface area contributed by atoms with Gasteiger partial charge in [-0.05, 0) is 60.5 Å². The Morgan fingerprint density at radius 3 is 2.34 bits per heavy atom. The number of hydrazone groups is 1. The largest absolute Gasteiger partial charge is 0.496 e. The Bertz CT molecular complexity index is 1290. The zero-order valence-corrected chi connectivity index (χ0v) is 19.9. The molecule has 0 bridgehead atoms. The van der Waals surface area contributed by atoms with Crippen molar-refractivity contribution in [3.8, 4) is 17.2 Å². The molecule has 35 heavy (non-hydrogen) atoms. The molecule has 0 radical (unpaired) electrons. The lowest BCUT2D eigenvalue weighted by Gasteiger charge is -2.11. The highest BCUT2D eigenvalue weighted by atomic mass is 35.5. The second-order valence-corrected chi connectivity index (χ2v) is 7.52. The van der Waals surface area contributed by atoms with Crippen LogP contribution in [0.1, 0.15) is 21.5 Å². The van der Waals surface area contributed by atoms with E-state index in [0.29, 0.717) is 22.0 Å². The lowest BCUT2D eigenvalue weighted by molar-refractivity contribution is -0.136. The molecule has 10 heteroatoms. The first-order chi connectivity index (χ1) is 16.8. The fourth-order valence-electron chi connectivity index (χ4n) is 2.89. The van der Waals surface area contributed by atoms with E-state index in [1.807, 2.05) is 6.92 Å². The van der Waals surface area contributed by atoms with Crippen LogP contribution >= 0.6 is 11.6 Å². The van der Waals surface area contributed by atoms with E-state index in [2.05, 4.69) is 15.8 Å². The number of hydrogen-bond donors (Lipinski definition) is 2. The molecule has 180 valence electrons. The Labute approximate surface area is 206 Å². The number of nitrogens with one attached hydrogen (secondary N) is 2. The van der Waals surface area contributed by atoms with Crippen molar-refractivity contribution in [3.63, 3.8) is 0 Å². The van der Waals surface area contributed by atoms with Gasteiger partial charge in [0.2, 0.25) is 0 Å². The lowest BCUT2D eigenvalue weighted by Crippen LogP contribution is -2.32. The number of ether oxygens (including phenoxy) is 3. The summed E-state index contributed by atoms with van der Waals surface area (Å²) in [4.78, 5) is 36.6. The number of benzene rings is 3. The lowest BCUT2D eigenvalue weighted by atomic mass is 10.2. The summed E-state index contributed by atoms with van der Waals surface area (Å²) in [5.41, 5.74) is 4.14. The molecule has 0 aliphatic rings. The van der Waals surface area contributed by atoms with Crippen LogP contribution in [0.25, 0.3) is 0 Å². The number of halogens is 1. The van der Waals surface area contributed by atoms with Crippen LogP contribution in [-0.4, -0.2) is 38.2 Å². The van der Waals surface area contributed by atoms with Gasteiger partial charge in [-0.25, -0.2) is 10.2 Å². The maximum Gasteiger partial charge on any atom is 0.347 e. The first kappa shape index (κ1) is 25.3. The Morgan fingerprint density at radius 1 is 0.886 bits per heavy atom. The Morgan fingerprint density at radius 2 is 1.63 bits per heavy atom. The number of aryl methyl sites for hydroxylation is 1. The number of esters is 1. The zero-order valence-electron chi connectivity index (χ0n) is 19.1. The smallest absolute Gasteiger partial charge is 0.347 e. The van der Waals surface area contributed by atoms with E-state index in [-0.39, 0.29) is 17.1 Å². The van der Waals surface area contributed by atoms with Crippen molar-refractivity contribution < 1.29 is 28.6 Å². The molecule has 0 atom stereocenters. The van der Waals surface area contributed by atoms with Gasteiger partial charge in [0.05, 0.1) is 20.4 Å². The van der Waals surface area contributed by atoms with Gasteiger partial charge >= 0.3 is 17.8 Å². The van der Waals surface area contributed by atoms with E-state index in [1.165, 1.54) is 26.5 Å². The van der Waals surface area contributed by atoms with Gasteiger partial charge in [-0.3, -0.25) is 9.59 Å². The minimum atomic E-state index is -0.965. The van der Waals surface area contributed by atoms with Gasteiger partial charge in [0.25, 0.3) is 0 Å². The molecule has 0 aliphatic heterocycles. The fourth-order valence-corrected chi connectivity index (χ4v) is 3.07. The molecule has 3 rings (SSSR count). The van der Waals surface area contributed by atoms with Crippen LogP contribution in [0.3, 0.4) is 0 Å². The SMILES string of the molecule is COc1cc(C=NNC(=O)C(=O)Nc2ccc(C)c(Cl)c2)ccc1OC(=O)c1ccccc1OC. The van der Waals surface area contributed by atoms with E-state index in [1.54, 1.807) is 54.6 Å².